The van der Waals surface area contributed by atoms with Crippen molar-refractivity contribution in [1.29, 1.82) is 0 Å². The molecule has 0 spiro atoms. The van der Waals surface area contributed by atoms with Crippen molar-refractivity contribution in [3.63, 3.8) is 0 Å². The minimum atomic E-state index is 0.0278. The molecule has 1 aliphatic heterocycles. The van der Waals surface area contributed by atoms with Crippen LogP contribution in [0.2, 0.25) is 0 Å². The maximum atomic E-state index is 12.7. The number of aromatic nitrogens is 4. The van der Waals surface area contributed by atoms with Crippen LogP contribution in [-0.2, 0) is 24.9 Å². The van der Waals surface area contributed by atoms with Crippen LogP contribution in [0.4, 0.5) is 0 Å². The molecular formula is C21H27N7O. The van der Waals surface area contributed by atoms with Gasteiger partial charge in [0.05, 0.1) is 19.1 Å². The van der Waals surface area contributed by atoms with Gasteiger partial charge in [0.15, 0.2) is 0 Å². The zero-order chi connectivity index (χ0) is 20.1. The van der Waals surface area contributed by atoms with Crippen LogP contribution in [0.1, 0.15) is 23.0 Å². The van der Waals surface area contributed by atoms with E-state index in [-0.39, 0.29) is 11.9 Å². The van der Waals surface area contributed by atoms with Crippen LogP contribution < -0.4 is 10.6 Å². The summed E-state index contributed by atoms with van der Waals surface area (Å²) in [7, 11) is 1.99. The number of piperazine rings is 1. The van der Waals surface area contributed by atoms with Gasteiger partial charge in [-0.25, -0.2) is 4.98 Å². The second-order valence-corrected chi connectivity index (χ2v) is 7.34. The average Bonchev–Trinajstić information content (AvgIpc) is 3.39. The Bertz CT molecular complexity index is 934. The van der Waals surface area contributed by atoms with Gasteiger partial charge < -0.3 is 15.2 Å². The number of amides is 1. The number of nitrogens with one attached hydrogen (secondary N) is 2. The summed E-state index contributed by atoms with van der Waals surface area (Å²) in [5, 5.41) is 10.8. The van der Waals surface area contributed by atoms with E-state index < -0.39 is 0 Å². The van der Waals surface area contributed by atoms with Crippen molar-refractivity contribution >= 4 is 5.91 Å². The van der Waals surface area contributed by atoms with Crippen molar-refractivity contribution in [1.82, 2.24) is 34.9 Å². The summed E-state index contributed by atoms with van der Waals surface area (Å²) < 4.78 is 3.91. The predicted octanol–water partition coefficient (Wildman–Crippen LogP) is 0.928. The van der Waals surface area contributed by atoms with E-state index in [4.69, 9.17) is 0 Å². The summed E-state index contributed by atoms with van der Waals surface area (Å²) >= 11 is 0. The zero-order valence-electron chi connectivity index (χ0n) is 16.7. The number of aryl methyl sites for hydroxylation is 1. The van der Waals surface area contributed by atoms with E-state index in [0.29, 0.717) is 19.6 Å². The molecule has 1 fully saturated rings. The molecule has 1 amide bonds. The number of nitrogens with zero attached hydrogens (tertiary/aromatic N) is 5. The molecule has 3 heterocycles. The molecule has 0 bridgehead atoms. The van der Waals surface area contributed by atoms with Crippen LogP contribution in [-0.4, -0.2) is 56.3 Å². The highest BCUT2D eigenvalue weighted by Gasteiger charge is 2.28. The molecule has 1 atom stereocenters. The van der Waals surface area contributed by atoms with Gasteiger partial charge in [-0.15, -0.1) is 0 Å². The maximum Gasteiger partial charge on any atom is 0.234 e. The monoisotopic (exact) mass is 393 g/mol. The topological polar surface area (TPSA) is 80.0 Å². The van der Waals surface area contributed by atoms with Crippen LogP contribution >= 0.6 is 0 Å². The van der Waals surface area contributed by atoms with Crippen molar-refractivity contribution < 1.29 is 4.79 Å². The third kappa shape index (κ3) is 4.72. The predicted molar refractivity (Wildman–Crippen MR) is 110 cm³/mol. The third-order valence-electron chi connectivity index (χ3n) is 5.34. The van der Waals surface area contributed by atoms with E-state index in [0.717, 1.165) is 36.6 Å². The Balaban J connectivity index is 1.37. The molecule has 2 aromatic heterocycles. The molecule has 1 unspecified atom stereocenters. The molecule has 0 radical (unpaired) electrons. The SMILES string of the molecule is Cn1ccnc1C1CNCCN1CC(=O)NCc1ccccc1Cn1cccn1. The normalized spacial score (nSPS) is 17.3. The molecular weight excluding hydrogens is 366 g/mol. The van der Waals surface area contributed by atoms with Gasteiger partial charge in [0.25, 0.3) is 0 Å². The van der Waals surface area contributed by atoms with Crippen molar-refractivity contribution in [2.75, 3.05) is 26.2 Å². The van der Waals surface area contributed by atoms with Crippen LogP contribution in [0.15, 0.2) is 55.1 Å². The minimum Gasteiger partial charge on any atom is -0.351 e. The first-order chi connectivity index (χ1) is 14.2. The first-order valence-corrected chi connectivity index (χ1v) is 9.93. The molecule has 29 heavy (non-hydrogen) atoms. The van der Waals surface area contributed by atoms with E-state index in [2.05, 4.69) is 37.7 Å². The number of imidazole rings is 1. The summed E-state index contributed by atoms with van der Waals surface area (Å²) in [6, 6.07) is 10.2. The van der Waals surface area contributed by atoms with Gasteiger partial charge in [-0.2, -0.15) is 5.10 Å². The molecule has 1 aromatic carbocycles. The molecule has 1 saturated heterocycles. The number of hydrogen-bond donors (Lipinski definition) is 2. The van der Waals surface area contributed by atoms with Gasteiger partial charge in [0.2, 0.25) is 5.91 Å². The van der Waals surface area contributed by atoms with Crippen molar-refractivity contribution in [3.05, 3.63) is 72.1 Å². The molecule has 0 saturated carbocycles. The van der Waals surface area contributed by atoms with Crippen molar-refractivity contribution in [3.8, 4) is 0 Å². The number of carbonyl (C=O) groups is 1. The number of carbonyl (C=O) groups excluding carboxylic acids is 1. The lowest BCUT2D eigenvalue weighted by Gasteiger charge is -2.35. The number of benzene rings is 1. The summed E-state index contributed by atoms with van der Waals surface area (Å²) in [6.07, 6.45) is 7.46. The molecule has 0 aliphatic carbocycles. The highest BCUT2D eigenvalue weighted by atomic mass is 16.2. The van der Waals surface area contributed by atoms with Crippen LogP contribution in [0.25, 0.3) is 0 Å². The molecule has 8 heteroatoms. The molecule has 1 aliphatic rings. The first kappa shape index (κ1) is 19.4. The Morgan fingerprint density at radius 2 is 2.07 bits per heavy atom. The van der Waals surface area contributed by atoms with Gasteiger partial charge in [0.1, 0.15) is 5.82 Å². The summed E-state index contributed by atoms with van der Waals surface area (Å²) in [4.78, 5) is 19.4. The van der Waals surface area contributed by atoms with E-state index in [1.807, 2.05) is 46.9 Å². The highest BCUT2D eigenvalue weighted by Crippen LogP contribution is 2.19. The Labute approximate surface area is 170 Å². The van der Waals surface area contributed by atoms with E-state index in [1.54, 1.807) is 12.4 Å². The van der Waals surface area contributed by atoms with Crippen molar-refractivity contribution in [2.24, 2.45) is 7.05 Å². The molecule has 8 nitrogen and oxygen atoms in total. The third-order valence-corrected chi connectivity index (χ3v) is 5.34. The van der Waals surface area contributed by atoms with Crippen LogP contribution in [0, 0.1) is 0 Å². The molecule has 2 N–H and O–H groups in total. The number of hydrogen-bond acceptors (Lipinski definition) is 5. The van der Waals surface area contributed by atoms with Crippen molar-refractivity contribution in [2.45, 2.75) is 19.1 Å². The summed E-state index contributed by atoms with van der Waals surface area (Å²) in [5.41, 5.74) is 2.27. The largest absolute Gasteiger partial charge is 0.351 e. The summed E-state index contributed by atoms with van der Waals surface area (Å²) in [6.45, 7) is 4.06. The Morgan fingerprint density at radius 3 is 2.83 bits per heavy atom. The molecule has 152 valence electrons. The standard InChI is InChI=1S/C21H27N7O/c1-26-11-9-23-21(26)19-14-22-8-12-27(19)16-20(29)24-13-17-5-2-3-6-18(17)15-28-10-4-7-25-28/h2-7,9-11,19,22H,8,12-16H2,1H3,(H,24,29). The van der Waals surface area contributed by atoms with Gasteiger partial charge in [-0.3, -0.25) is 14.4 Å². The second-order valence-electron chi connectivity index (χ2n) is 7.34. The number of rotatable bonds is 7. The van der Waals surface area contributed by atoms with E-state index in [9.17, 15) is 4.79 Å². The Kier molecular flexibility index (Phi) is 6.02. The lowest BCUT2D eigenvalue weighted by Crippen LogP contribution is -2.50. The van der Waals surface area contributed by atoms with Crippen LogP contribution in [0.3, 0.4) is 0 Å². The maximum absolute atomic E-state index is 12.7. The van der Waals surface area contributed by atoms with Crippen LogP contribution in [0.5, 0.6) is 0 Å². The van der Waals surface area contributed by atoms with Gasteiger partial charge in [-0.05, 0) is 17.2 Å². The Hall–Kier alpha value is -2.97. The fourth-order valence-electron chi connectivity index (χ4n) is 3.78. The fourth-order valence-corrected chi connectivity index (χ4v) is 3.78. The quantitative estimate of drug-likeness (QED) is 0.624. The molecule has 3 aromatic rings. The molecule has 4 rings (SSSR count). The zero-order valence-corrected chi connectivity index (χ0v) is 16.7. The van der Waals surface area contributed by atoms with E-state index in [1.165, 1.54) is 0 Å². The summed E-state index contributed by atoms with van der Waals surface area (Å²) in [5.74, 6) is 1.01. The van der Waals surface area contributed by atoms with Gasteiger partial charge >= 0.3 is 0 Å². The highest BCUT2D eigenvalue weighted by molar-refractivity contribution is 5.78. The lowest BCUT2D eigenvalue weighted by molar-refractivity contribution is -0.123. The van der Waals surface area contributed by atoms with Gasteiger partial charge in [0, 0.05) is 58.0 Å². The first-order valence-electron chi connectivity index (χ1n) is 9.93. The van der Waals surface area contributed by atoms with Gasteiger partial charge in [-0.1, -0.05) is 24.3 Å². The fraction of sp³-hybridized carbons (Fsp3) is 0.381. The van der Waals surface area contributed by atoms with E-state index >= 15 is 0 Å². The smallest absolute Gasteiger partial charge is 0.234 e. The minimum absolute atomic E-state index is 0.0278. The lowest BCUT2D eigenvalue weighted by atomic mass is 10.1. The second kappa shape index (κ2) is 9.02. The average molecular weight is 393 g/mol. The Morgan fingerprint density at radius 1 is 1.21 bits per heavy atom.